The summed E-state index contributed by atoms with van der Waals surface area (Å²) in [5, 5.41) is 2.80. The number of amides is 2. The van der Waals surface area contributed by atoms with Gasteiger partial charge in [-0.2, -0.15) is 0 Å². The van der Waals surface area contributed by atoms with Gasteiger partial charge in [-0.05, 0) is 60.2 Å². The lowest BCUT2D eigenvalue weighted by Crippen LogP contribution is -2.43. The van der Waals surface area contributed by atoms with Crippen LogP contribution in [0.1, 0.15) is 42.0 Å². The molecule has 3 aromatic rings. The number of carbonyl (C=O) groups is 2. The maximum atomic E-state index is 13.7. The van der Waals surface area contributed by atoms with Crippen molar-refractivity contribution in [3.05, 3.63) is 114 Å². The molecule has 204 valence electrons. The molecular formula is C30H32FN3O4S. The molecule has 0 unspecified atom stereocenters. The first kappa shape index (κ1) is 28.2. The Balaban J connectivity index is 1.55. The first-order chi connectivity index (χ1) is 18.8. The highest BCUT2D eigenvalue weighted by atomic mass is 32.2. The second kappa shape index (κ2) is 12.8. The topological polar surface area (TPSA) is 95.6 Å². The van der Waals surface area contributed by atoms with E-state index in [1.165, 1.54) is 29.2 Å². The van der Waals surface area contributed by atoms with Gasteiger partial charge in [0.1, 0.15) is 11.9 Å². The van der Waals surface area contributed by atoms with Crippen molar-refractivity contribution in [1.82, 2.24) is 14.9 Å². The molecule has 4 rings (SSSR count). The van der Waals surface area contributed by atoms with Crippen molar-refractivity contribution in [1.29, 1.82) is 0 Å². The highest BCUT2D eigenvalue weighted by Crippen LogP contribution is 2.26. The smallest absolute Gasteiger partial charge is 0.247 e. The van der Waals surface area contributed by atoms with E-state index in [0.717, 1.165) is 18.4 Å². The second-order valence-corrected chi connectivity index (χ2v) is 11.2. The van der Waals surface area contributed by atoms with Gasteiger partial charge >= 0.3 is 0 Å². The van der Waals surface area contributed by atoms with Crippen LogP contribution in [0.5, 0.6) is 0 Å². The van der Waals surface area contributed by atoms with E-state index in [1.807, 2.05) is 6.07 Å². The van der Waals surface area contributed by atoms with Gasteiger partial charge in [0.2, 0.25) is 21.8 Å². The number of rotatable bonds is 13. The third-order valence-corrected chi connectivity index (χ3v) is 7.98. The molecular weight excluding hydrogens is 517 g/mol. The van der Waals surface area contributed by atoms with Crippen LogP contribution >= 0.6 is 0 Å². The van der Waals surface area contributed by atoms with E-state index in [9.17, 15) is 22.4 Å². The Morgan fingerprint density at radius 3 is 2.23 bits per heavy atom. The molecule has 1 atom stereocenters. The molecule has 1 aliphatic carbocycles. The summed E-state index contributed by atoms with van der Waals surface area (Å²) < 4.78 is 41.1. The summed E-state index contributed by atoms with van der Waals surface area (Å²) in [5.41, 5.74) is 2.12. The van der Waals surface area contributed by atoms with Gasteiger partial charge in [0.15, 0.2) is 0 Å². The Bertz CT molecular complexity index is 1390. The molecule has 1 aliphatic rings. The standard InChI is InChI=1S/C30H32FN3O4S/c1-2-20-32-30(36)29(24-6-4-3-5-7-24)34(21-23-8-13-25(31)14-9-23)28(35)19-12-22-10-17-27(18-11-22)39(37,38)33-26-15-16-26/h2-11,13-14,17-18,26,29,33H,1,12,15-16,19-21H2,(H,32,36)/t29-/m1/s1. The van der Waals surface area contributed by atoms with Gasteiger partial charge in [-0.3, -0.25) is 9.59 Å². The number of benzene rings is 3. The number of carbonyl (C=O) groups excluding carboxylic acids is 2. The quantitative estimate of drug-likeness (QED) is 0.311. The fourth-order valence-electron chi connectivity index (χ4n) is 4.21. The van der Waals surface area contributed by atoms with Gasteiger partial charge in [-0.15, -0.1) is 6.58 Å². The van der Waals surface area contributed by atoms with Crippen LogP contribution in [0.15, 0.2) is 96.4 Å². The van der Waals surface area contributed by atoms with E-state index < -0.39 is 21.9 Å². The molecule has 0 aromatic heterocycles. The average Bonchev–Trinajstić information content (AvgIpc) is 3.75. The normalized spacial score (nSPS) is 13.9. The van der Waals surface area contributed by atoms with Crippen LogP contribution in [0.25, 0.3) is 0 Å². The van der Waals surface area contributed by atoms with E-state index in [1.54, 1.807) is 54.6 Å². The van der Waals surface area contributed by atoms with Crippen LogP contribution in [-0.2, 0) is 32.6 Å². The third kappa shape index (κ3) is 7.84. The number of nitrogens with zero attached hydrogens (tertiary/aromatic N) is 1. The fourth-order valence-corrected chi connectivity index (χ4v) is 5.51. The molecule has 0 aliphatic heterocycles. The van der Waals surface area contributed by atoms with E-state index in [-0.39, 0.29) is 42.3 Å². The van der Waals surface area contributed by atoms with Crippen molar-refractivity contribution in [3.8, 4) is 0 Å². The maximum absolute atomic E-state index is 13.7. The number of nitrogens with one attached hydrogen (secondary N) is 2. The molecule has 9 heteroatoms. The second-order valence-electron chi connectivity index (χ2n) is 9.53. The Hall–Kier alpha value is -3.82. The van der Waals surface area contributed by atoms with Crippen LogP contribution in [0.4, 0.5) is 4.39 Å². The van der Waals surface area contributed by atoms with Crippen LogP contribution < -0.4 is 10.0 Å². The first-order valence-electron chi connectivity index (χ1n) is 12.9. The number of halogens is 1. The number of hydrogen-bond donors (Lipinski definition) is 2. The van der Waals surface area contributed by atoms with Crippen molar-refractivity contribution < 1.29 is 22.4 Å². The van der Waals surface area contributed by atoms with Gasteiger partial charge in [0, 0.05) is 25.6 Å². The molecule has 2 N–H and O–H groups in total. The average molecular weight is 550 g/mol. The van der Waals surface area contributed by atoms with Crippen molar-refractivity contribution in [3.63, 3.8) is 0 Å². The van der Waals surface area contributed by atoms with Crippen LogP contribution in [0, 0.1) is 5.82 Å². The lowest BCUT2D eigenvalue weighted by molar-refractivity contribution is -0.141. The van der Waals surface area contributed by atoms with E-state index in [2.05, 4.69) is 16.6 Å². The van der Waals surface area contributed by atoms with Crippen molar-refractivity contribution in [2.45, 2.75) is 49.2 Å². The number of sulfonamides is 1. The van der Waals surface area contributed by atoms with Gasteiger partial charge < -0.3 is 10.2 Å². The zero-order valence-corrected chi connectivity index (χ0v) is 22.4. The molecule has 0 heterocycles. The molecule has 0 saturated heterocycles. The first-order valence-corrected chi connectivity index (χ1v) is 14.3. The van der Waals surface area contributed by atoms with E-state index >= 15 is 0 Å². The zero-order valence-electron chi connectivity index (χ0n) is 21.6. The summed E-state index contributed by atoms with van der Waals surface area (Å²) in [6, 6.07) is 20.4. The lowest BCUT2D eigenvalue weighted by Gasteiger charge is -2.31. The monoisotopic (exact) mass is 549 g/mol. The predicted molar refractivity (Wildman–Crippen MR) is 147 cm³/mol. The number of aryl methyl sites for hydroxylation is 1. The molecule has 7 nitrogen and oxygen atoms in total. The largest absolute Gasteiger partial charge is 0.351 e. The van der Waals surface area contributed by atoms with Crippen LogP contribution in [-0.4, -0.2) is 37.7 Å². The van der Waals surface area contributed by atoms with Crippen molar-refractivity contribution in [2.24, 2.45) is 0 Å². The minimum absolute atomic E-state index is 0.0145. The molecule has 39 heavy (non-hydrogen) atoms. The van der Waals surface area contributed by atoms with Gasteiger partial charge in [-0.1, -0.05) is 60.7 Å². The van der Waals surface area contributed by atoms with E-state index in [4.69, 9.17) is 0 Å². The molecule has 3 aromatic carbocycles. The summed E-state index contributed by atoms with van der Waals surface area (Å²) in [5.74, 6) is -1.01. The number of hydrogen-bond acceptors (Lipinski definition) is 4. The minimum atomic E-state index is -3.56. The Kier molecular flexibility index (Phi) is 9.27. The van der Waals surface area contributed by atoms with Crippen LogP contribution in [0.3, 0.4) is 0 Å². The molecule has 1 saturated carbocycles. The third-order valence-electron chi connectivity index (χ3n) is 6.44. The highest BCUT2D eigenvalue weighted by Gasteiger charge is 2.31. The Morgan fingerprint density at radius 2 is 1.62 bits per heavy atom. The fraction of sp³-hybridized carbons (Fsp3) is 0.267. The summed E-state index contributed by atoms with van der Waals surface area (Å²) in [6.07, 6.45) is 3.71. The molecule has 1 fully saturated rings. The molecule has 0 spiro atoms. The van der Waals surface area contributed by atoms with Crippen LogP contribution in [0.2, 0.25) is 0 Å². The summed E-state index contributed by atoms with van der Waals surface area (Å²) in [7, 11) is -3.56. The summed E-state index contributed by atoms with van der Waals surface area (Å²) in [6.45, 7) is 3.99. The van der Waals surface area contributed by atoms with Crippen molar-refractivity contribution >= 4 is 21.8 Å². The maximum Gasteiger partial charge on any atom is 0.247 e. The summed E-state index contributed by atoms with van der Waals surface area (Å²) in [4.78, 5) is 28.7. The lowest BCUT2D eigenvalue weighted by atomic mass is 10.0. The van der Waals surface area contributed by atoms with Gasteiger partial charge in [0.05, 0.1) is 4.90 Å². The predicted octanol–water partition coefficient (Wildman–Crippen LogP) is 4.27. The minimum Gasteiger partial charge on any atom is -0.351 e. The SMILES string of the molecule is C=CCNC(=O)[C@@H](c1ccccc1)N(Cc1ccc(F)cc1)C(=O)CCc1ccc(S(=O)(=O)NC2CC2)cc1. The molecule has 0 radical (unpaired) electrons. The molecule has 0 bridgehead atoms. The highest BCUT2D eigenvalue weighted by molar-refractivity contribution is 7.89. The zero-order chi connectivity index (χ0) is 27.8. The Morgan fingerprint density at radius 1 is 0.974 bits per heavy atom. The molecule has 2 amide bonds. The van der Waals surface area contributed by atoms with Gasteiger partial charge in [-0.25, -0.2) is 17.5 Å². The van der Waals surface area contributed by atoms with Gasteiger partial charge in [0.25, 0.3) is 0 Å². The summed E-state index contributed by atoms with van der Waals surface area (Å²) >= 11 is 0. The Labute approximate surface area is 228 Å². The van der Waals surface area contributed by atoms with E-state index in [0.29, 0.717) is 17.5 Å². The van der Waals surface area contributed by atoms with Crippen molar-refractivity contribution in [2.75, 3.05) is 6.54 Å².